The van der Waals surface area contributed by atoms with Crippen LogP contribution < -0.4 is 0 Å². The quantitative estimate of drug-likeness (QED) is 0.643. The molecule has 1 amide bonds. The predicted molar refractivity (Wildman–Crippen MR) is 45.1 cm³/mol. The van der Waals surface area contributed by atoms with Crippen LogP contribution in [-0.4, -0.2) is 34.5 Å². The van der Waals surface area contributed by atoms with Gasteiger partial charge in [-0.25, -0.2) is 4.79 Å². The van der Waals surface area contributed by atoms with E-state index < -0.39 is 12.0 Å². The van der Waals surface area contributed by atoms with Crippen LogP contribution in [0.3, 0.4) is 0 Å². The van der Waals surface area contributed by atoms with E-state index in [2.05, 4.69) is 0 Å². The molecule has 1 spiro atoms. The van der Waals surface area contributed by atoms with Gasteiger partial charge in [0.2, 0.25) is 5.91 Å². The minimum atomic E-state index is -0.842. The second-order valence-electron chi connectivity index (χ2n) is 4.07. The van der Waals surface area contributed by atoms with Gasteiger partial charge in [-0.05, 0) is 19.3 Å². The molecular weight excluding hydrogens is 170 g/mol. The number of likely N-dealkylation sites (tertiary alicyclic amines) is 1. The van der Waals surface area contributed by atoms with E-state index in [1.165, 1.54) is 11.8 Å². The summed E-state index contributed by atoms with van der Waals surface area (Å²) in [4.78, 5) is 23.6. The molecule has 1 unspecified atom stereocenters. The fourth-order valence-electron chi connectivity index (χ4n) is 2.36. The van der Waals surface area contributed by atoms with Crippen LogP contribution >= 0.6 is 0 Å². The highest BCUT2D eigenvalue weighted by Crippen LogP contribution is 2.56. The van der Waals surface area contributed by atoms with Crippen molar-refractivity contribution in [3.8, 4) is 0 Å². The number of hydrogen-bond acceptors (Lipinski definition) is 2. The third kappa shape index (κ3) is 1.12. The number of nitrogens with zero attached hydrogens (tertiary/aromatic N) is 1. The summed E-state index contributed by atoms with van der Waals surface area (Å²) < 4.78 is 0. The van der Waals surface area contributed by atoms with Gasteiger partial charge in [0.15, 0.2) is 0 Å². The Kier molecular flexibility index (Phi) is 1.62. The Morgan fingerprint density at radius 1 is 1.38 bits per heavy atom. The van der Waals surface area contributed by atoms with E-state index in [0.717, 1.165) is 19.3 Å². The first-order valence-electron chi connectivity index (χ1n) is 4.57. The topological polar surface area (TPSA) is 57.6 Å². The lowest BCUT2D eigenvalue weighted by molar-refractivity contribution is -0.149. The van der Waals surface area contributed by atoms with Crippen LogP contribution in [0.15, 0.2) is 0 Å². The Labute approximate surface area is 76.5 Å². The van der Waals surface area contributed by atoms with Crippen molar-refractivity contribution in [2.45, 2.75) is 32.2 Å². The minimum Gasteiger partial charge on any atom is -0.480 e. The lowest BCUT2D eigenvalue weighted by atomic mass is 9.97. The van der Waals surface area contributed by atoms with Crippen LogP contribution in [0.25, 0.3) is 0 Å². The molecule has 0 aromatic carbocycles. The minimum absolute atomic E-state index is 0.0580. The molecule has 0 radical (unpaired) electrons. The normalized spacial score (nSPS) is 29.3. The maximum atomic E-state index is 11.1. The molecule has 4 heteroatoms. The fraction of sp³-hybridized carbons (Fsp3) is 0.778. The Morgan fingerprint density at radius 3 is 2.38 bits per heavy atom. The Balaban J connectivity index is 2.23. The summed E-state index contributed by atoms with van der Waals surface area (Å²) in [6, 6.07) is -0.551. The van der Waals surface area contributed by atoms with Crippen LogP contribution in [0, 0.1) is 5.41 Å². The second-order valence-corrected chi connectivity index (χ2v) is 4.07. The summed E-state index contributed by atoms with van der Waals surface area (Å²) in [6.07, 6.45) is 2.80. The number of aliphatic carboxylic acids is 1. The van der Waals surface area contributed by atoms with Gasteiger partial charge < -0.3 is 10.0 Å². The summed E-state index contributed by atoms with van der Waals surface area (Å²) >= 11 is 0. The first-order chi connectivity index (χ1) is 6.07. The number of carbonyl (C=O) groups excluding carboxylic acids is 1. The van der Waals surface area contributed by atoms with E-state index in [-0.39, 0.29) is 11.3 Å². The number of hydrogen-bond donors (Lipinski definition) is 1. The molecule has 2 fully saturated rings. The van der Waals surface area contributed by atoms with Gasteiger partial charge in [-0.1, -0.05) is 0 Å². The van der Waals surface area contributed by atoms with E-state index in [0.29, 0.717) is 6.54 Å². The zero-order valence-electron chi connectivity index (χ0n) is 7.62. The van der Waals surface area contributed by atoms with Gasteiger partial charge in [0.25, 0.3) is 0 Å². The highest BCUT2D eigenvalue weighted by molar-refractivity contribution is 5.84. The van der Waals surface area contributed by atoms with Crippen molar-refractivity contribution in [2.24, 2.45) is 5.41 Å². The number of carbonyl (C=O) groups is 2. The third-order valence-electron chi connectivity index (χ3n) is 3.27. The van der Waals surface area contributed by atoms with E-state index in [4.69, 9.17) is 5.11 Å². The van der Waals surface area contributed by atoms with Crippen LogP contribution in [-0.2, 0) is 9.59 Å². The maximum Gasteiger partial charge on any atom is 0.326 e. The summed E-state index contributed by atoms with van der Waals surface area (Å²) in [5.41, 5.74) is -0.0580. The van der Waals surface area contributed by atoms with Crippen LogP contribution in [0.2, 0.25) is 0 Å². The van der Waals surface area contributed by atoms with Crippen molar-refractivity contribution < 1.29 is 14.7 Å². The van der Waals surface area contributed by atoms with E-state index >= 15 is 0 Å². The maximum absolute atomic E-state index is 11.1. The molecule has 1 saturated carbocycles. The van der Waals surface area contributed by atoms with Crippen molar-refractivity contribution in [2.75, 3.05) is 6.54 Å². The van der Waals surface area contributed by atoms with Crippen molar-refractivity contribution in [1.29, 1.82) is 0 Å². The average molecular weight is 183 g/mol. The molecule has 2 rings (SSSR count). The van der Waals surface area contributed by atoms with Gasteiger partial charge in [-0.3, -0.25) is 4.79 Å². The Bertz CT molecular complexity index is 270. The zero-order valence-corrected chi connectivity index (χ0v) is 7.62. The smallest absolute Gasteiger partial charge is 0.326 e. The molecular formula is C9H13NO3. The van der Waals surface area contributed by atoms with Gasteiger partial charge in [-0.15, -0.1) is 0 Å². The SMILES string of the molecule is CC(=O)N1CCC2(CC2)C1C(=O)O. The monoisotopic (exact) mass is 183 g/mol. The largest absolute Gasteiger partial charge is 0.480 e. The van der Waals surface area contributed by atoms with Crippen LogP contribution in [0.4, 0.5) is 0 Å². The Hall–Kier alpha value is -1.06. The lowest BCUT2D eigenvalue weighted by Crippen LogP contribution is -2.42. The van der Waals surface area contributed by atoms with Crippen molar-refractivity contribution >= 4 is 11.9 Å². The lowest BCUT2D eigenvalue weighted by Gasteiger charge is -2.22. The van der Waals surface area contributed by atoms with Gasteiger partial charge in [-0.2, -0.15) is 0 Å². The fourth-order valence-corrected chi connectivity index (χ4v) is 2.36. The number of carboxylic acid groups (broad SMARTS) is 1. The molecule has 1 atom stereocenters. The standard InChI is InChI=1S/C9H13NO3/c1-6(11)10-5-4-9(2-3-9)7(10)8(12)13/h7H,2-5H2,1H3,(H,12,13). The summed E-state index contributed by atoms with van der Waals surface area (Å²) in [7, 11) is 0. The van der Waals surface area contributed by atoms with Gasteiger partial charge in [0.1, 0.15) is 6.04 Å². The van der Waals surface area contributed by atoms with Crippen molar-refractivity contribution in [1.82, 2.24) is 4.90 Å². The molecule has 1 heterocycles. The van der Waals surface area contributed by atoms with E-state index in [1.807, 2.05) is 0 Å². The molecule has 72 valence electrons. The molecule has 0 bridgehead atoms. The van der Waals surface area contributed by atoms with Crippen LogP contribution in [0.1, 0.15) is 26.2 Å². The summed E-state index contributed by atoms with van der Waals surface area (Å²) in [6.45, 7) is 2.06. The molecule has 4 nitrogen and oxygen atoms in total. The number of rotatable bonds is 1. The molecule has 2 aliphatic rings. The molecule has 1 N–H and O–H groups in total. The summed E-state index contributed by atoms with van der Waals surface area (Å²) in [5, 5.41) is 9.01. The Morgan fingerprint density at radius 2 is 2.00 bits per heavy atom. The summed E-state index contributed by atoms with van der Waals surface area (Å²) in [5.74, 6) is -0.957. The van der Waals surface area contributed by atoms with E-state index in [9.17, 15) is 9.59 Å². The van der Waals surface area contributed by atoms with E-state index in [1.54, 1.807) is 0 Å². The number of amides is 1. The van der Waals surface area contributed by atoms with Crippen molar-refractivity contribution in [3.05, 3.63) is 0 Å². The molecule has 0 aromatic heterocycles. The van der Waals surface area contributed by atoms with Crippen LogP contribution in [0.5, 0.6) is 0 Å². The number of carboxylic acids is 1. The first-order valence-corrected chi connectivity index (χ1v) is 4.57. The molecule has 0 aromatic rings. The van der Waals surface area contributed by atoms with Gasteiger partial charge in [0.05, 0.1) is 0 Å². The zero-order chi connectivity index (χ0) is 9.64. The highest BCUT2D eigenvalue weighted by atomic mass is 16.4. The average Bonchev–Trinajstić information content (AvgIpc) is 2.61. The molecule has 1 aliphatic carbocycles. The third-order valence-corrected chi connectivity index (χ3v) is 3.27. The second kappa shape index (κ2) is 2.47. The van der Waals surface area contributed by atoms with Gasteiger partial charge >= 0.3 is 5.97 Å². The molecule has 1 saturated heterocycles. The highest BCUT2D eigenvalue weighted by Gasteiger charge is 2.59. The first kappa shape index (κ1) is 8.53. The molecule has 1 aliphatic heterocycles. The van der Waals surface area contributed by atoms with Crippen molar-refractivity contribution in [3.63, 3.8) is 0 Å². The predicted octanol–water partition coefficient (Wildman–Crippen LogP) is 0.472. The van der Waals surface area contributed by atoms with Gasteiger partial charge in [0, 0.05) is 18.9 Å². The molecule has 13 heavy (non-hydrogen) atoms.